The van der Waals surface area contributed by atoms with E-state index in [9.17, 15) is 8.42 Å². The van der Waals surface area contributed by atoms with E-state index < -0.39 is 16.1 Å². The number of hydrogen-bond donors (Lipinski definition) is 2. The highest BCUT2D eigenvalue weighted by Gasteiger charge is 2.26. The van der Waals surface area contributed by atoms with Gasteiger partial charge in [0.2, 0.25) is 10.0 Å². The van der Waals surface area contributed by atoms with Crippen molar-refractivity contribution in [2.24, 2.45) is 0 Å². The lowest BCUT2D eigenvalue weighted by Crippen LogP contribution is -2.30. The predicted octanol–water partition coefficient (Wildman–Crippen LogP) is 2.48. The standard InChI is InChI=1S/C7H8BrCl2NO3S2/c1-3(12)2-11-16(13,14)5-4(8)6(9)15-7(5)10/h3,11-12H,2H2,1H3. The summed E-state index contributed by atoms with van der Waals surface area (Å²) in [4.78, 5) is -0.0928. The molecule has 1 unspecified atom stereocenters. The van der Waals surface area contributed by atoms with Gasteiger partial charge in [0.25, 0.3) is 0 Å². The van der Waals surface area contributed by atoms with Gasteiger partial charge < -0.3 is 5.11 Å². The molecule has 0 aliphatic carbocycles. The molecule has 0 aliphatic rings. The Balaban J connectivity index is 3.08. The lowest BCUT2D eigenvalue weighted by atomic mass is 10.4. The molecule has 1 rings (SSSR count). The van der Waals surface area contributed by atoms with E-state index in [1.807, 2.05) is 0 Å². The van der Waals surface area contributed by atoms with Crippen LogP contribution in [0, 0.1) is 0 Å². The Morgan fingerprint density at radius 1 is 1.50 bits per heavy atom. The number of rotatable bonds is 4. The number of nitrogens with one attached hydrogen (secondary N) is 1. The van der Waals surface area contributed by atoms with Crippen LogP contribution in [0.25, 0.3) is 0 Å². The van der Waals surface area contributed by atoms with Crippen LogP contribution in [0.3, 0.4) is 0 Å². The van der Waals surface area contributed by atoms with Crippen molar-refractivity contribution in [3.05, 3.63) is 13.1 Å². The van der Waals surface area contributed by atoms with Crippen LogP contribution >= 0.6 is 50.5 Å². The summed E-state index contributed by atoms with van der Waals surface area (Å²) in [6.07, 6.45) is -0.776. The number of sulfonamides is 1. The van der Waals surface area contributed by atoms with Gasteiger partial charge in [-0.3, -0.25) is 0 Å². The third-order valence-electron chi connectivity index (χ3n) is 1.57. The van der Waals surface area contributed by atoms with Crippen LogP contribution in [0.4, 0.5) is 0 Å². The molecule has 2 N–H and O–H groups in total. The van der Waals surface area contributed by atoms with Crippen LogP contribution in [0.5, 0.6) is 0 Å². The second-order valence-corrected chi connectivity index (χ2v) is 7.72. The average molecular weight is 369 g/mol. The van der Waals surface area contributed by atoms with Gasteiger partial charge in [0.05, 0.1) is 10.6 Å². The molecule has 0 fully saturated rings. The van der Waals surface area contributed by atoms with Crippen molar-refractivity contribution < 1.29 is 13.5 Å². The first kappa shape index (κ1) is 14.7. The topological polar surface area (TPSA) is 66.4 Å². The number of thiophene rings is 1. The molecule has 0 saturated heterocycles. The lowest BCUT2D eigenvalue weighted by Gasteiger charge is -2.07. The van der Waals surface area contributed by atoms with E-state index in [1.54, 1.807) is 0 Å². The maximum Gasteiger partial charge on any atom is 0.244 e. The highest BCUT2D eigenvalue weighted by atomic mass is 79.9. The highest BCUT2D eigenvalue weighted by molar-refractivity contribution is 9.10. The summed E-state index contributed by atoms with van der Waals surface area (Å²) in [6, 6.07) is 0. The van der Waals surface area contributed by atoms with Crippen molar-refractivity contribution in [2.45, 2.75) is 17.9 Å². The third kappa shape index (κ3) is 3.32. The van der Waals surface area contributed by atoms with Crippen molar-refractivity contribution in [1.82, 2.24) is 4.72 Å². The van der Waals surface area contributed by atoms with E-state index in [-0.39, 0.29) is 24.6 Å². The van der Waals surface area contributed by atoms with E-state index in [0.29, 0.717) is 0 Å². The number of halogens is 3. The minimum Gasteiger partial charge on any atom is -0.392 e. The van der Waals surface area contributed by atoms with Gasteiger partial charge in [0.15, 0.2) is 0 Å². The van der Waals surface area contributed by atoms with Gasteiger partial charge in [-0.2, -0.15) is 0 Å². The van der Waals surface area contributed by atoms with Gasteiger partial charge in [0.1, 0.15) is 13.6 Å². The van der Waals surface area contributed by atoms with E-state index >= 15 is 0 Å². The van der Waals surface area contributed by atoms with Crippen molar-refractivity contribution in [1.29, 1.82) is 0 Å². The lowest BCUT2D eigenvalue weighted by molar-refractivity contribution is 0.198. The Morgan fingerprint density at radius 2 is 2.06 bits per heavy atom. The zero-order valence-electron chi connectivity index (χ0n) is 8.00. The first-order valence-corrected chi connectivity index (χ1v) is 7.91. The van der Waals surface area contributed by atoms with Crippen molar-refractivity contribution >= 4 is 60.5 Å². The molecule has 0 amide bonds. The van der Waals surface area contributed by atoms with Gasteiger partial charge in [-0.15, -0.1) is 11.3 Å². The van der Waals surface area contributed by atoms with Crippen LogP contribution in [0.1, 0.15) is 6.92 Å². The number of aliphatic hydroxyl groups is 1. The minimum atomic E-state index is -3.76. The Hall–Kier alpha value is 0.630. The molecule has 0 saturated carbocycles. The van der Waals surface area contributed by atoms with Gasteiger partial charge in [-0.25, -0.2) is 13.1 Å². The minimum absolute atomic E-state index is 0.0787. The Morgan fingerprint density at radius 3 is 2.44 bits per heavy atom. The third-order valence-corrected chi connectivity index (χ3v) is 6.45. The monoisotopic (exact) mass is 367 g/mol. The van der Waals surface area contributed by atoms with E-state index in [0.717, 1.165) is 11.3 Å². The average Bonchev–Trinajstić information content (AvgIpc) is 2.38. The summed E-state index contributed by atoms with van der Waals surface area (Å²) in [5, 5.41) is 9.01. The van der Waals surface area contributed by atoms with Crippen LogP contribution in [0.15, 0.2) is 9.37 Å². The molecule has 0 aromatic carbocycles. The molecule has 9 heteroatoms. The number of hydrogen-bond acceptors (Lipinski definition) is 4. The van der Waals surface area contributed by atoms with Crippen molar-refractivity contribution in [3.63, 3.8) is 0 Å². The Kier molecular flexibility index (Phi) is 5.06. The summed E-state index contributed by atoms with van der Waals surface area (Å²) in [6.45, 7) is 1.39. The van der Waals surface area contributed by atoms with E-state index in [1.165, 1.54) is 6.92 Å². The normalized spacial score (nSPS) is 14.1. The fourth-order valence-corrected chi connectivity index (χ4v) is 5.55. The molecule has 0 radical (unpaired) electrons. The molecular formula is C7H8BrCl2NO3S2. The molecule has 1 atom stereocenters. The largest absolute Gasteiger partial charge is 0.392 e. The molecule has 16 heavy (non-hydrogen) atoms. The smallest absolute Gasteiger partial charge is 0.244 e. The second-order valence-electron chi connectivity index (χ2n) is 2.99. The zero-order valence-corrected chi connectivity index (χ0v) is 12.7. The van der Waals surface area contributed by atoms with Crippen molar-refractivity contribution in [3.8, 4) is 0 Å². The summed E-state index contributed by atoms with van der Waals surface area (Å²) in [5.74, 6) is 0. The molecule has 4 nitrogen and oxygen atoms in total. The maximum atomic E-state index is 11.8. The van der Waals surface area contributed by atoms with Gasteiger partial charge in [-0.05, 0) is 22.9 Å². The zero-order chi connectivity index (χ0) is 12.5. The van der Waals surface area contributed by atoms with Gasteiger partial charge in [0, 0.05) is 6.54 Å². The van der Waals surface area contributed by atoms with Crippen LogP contribution in [-0.4, -0.2) is 26.2 Å². The van der Waals surface area contributed by atoms with E-state index in [2.05, 4.69) is 20.7 Å². The van der Waals surface area contributed by atoms with Gasteiger partial charge in [-0.1, -0.05) is 23.2 Å². The summed E-state index contributed by atoms with van der Waals surface area (Å²) >= 11 is 15.5. The van der Waals surface area contributed by atoms with Crippen LogP contribution in [0.2, 0.25) is 8.67 Å². The fourth-order valence-electron chi connectivity index (χ4n) is 0.871. The fraction of sp³-hybridized carbons (Fsp3) is 0.429. The summed E-state index contributed by atoms with van der Waals surface area (Å²) in [5.41, 5.74) is 0. The summed E-state index contributed by atoms with van der Waals surface area (Å²) in [7, 11) is -3.76. The van der Waals surface area contributed by atoms with Crippen molar-refractivity contribution in [2.75, 3.05) is 6.54 Å². The van der Waals surface area contributed by atoms with Gasteiger partial charge >= 0.3 is 0 Å². The Labute approximate surface area is 116 Å². The van der Waals surface area contributed by atoms with E-state index in [4.69, 9.17) is 28.3 Å². The predicted molar refractivity (Wildman–Crippen MR) is 68.9 cm³/mol. The Bertz CT molecular complexity index is 486. The van der Waals surface area contributed by atoms with Crippen LogP contribution in [-0.2, 0) is 10.0 Å². The summed E-state index contributed by atoms with van der Waals surface area (Å²) < 4.78 is 26.4. The molecular weight excluding hydrogens is 361 g/mol. The molecule has 1 aromatic heterocycles. The molecule has 92 valence electrons. The first-order valence-electron chi connectivity index (χ1n) is 4.06. The molecule has 0 spiro atoms. The highest BCUT2D eigenvalue weighted by Crippen LogP contribution is 2.42. The molecule has 1 aromatic rings. The molecule has 0 bridgehead atoms. The van der Waals surface area contributed by atoms with Crippen LogP contribution < -0.4 is 4.72 Å². The SMILES string of the molecule is CC(O)CNS(=O)(=O)c1c(Cl)sc(Cl)c1Br. The second kappa shape index (κ2) is 5.51. The first-order chi connectivity index (χ1) is 7.25. The quantitative estimate of drug-likeness (QED) is 0.857. The maximum absolute atomic E-state index is 11.8. The number of aliphatic hydroxyl groups excluding tert-OH is 1. The molecule has 1 heterocycles. The molecule has 0 aliphatic heterocycles.